The summed E-state index contributed by atoms with van der Waals surface area (Å²) in [5.74, 6) is -1.09. The number of carbonyl (C=O) groups excluding carboxylic acids is 1. The summed E-state index contributed by atoms with van der Waals surface area (Å²) in [6, 6.07) is 6.81. The van der Waals surface area contributed by atoms with E-state index in [9.17, 15) is 9.59 Å². The maximum Gasteiger partial charge on any atom is 0.305 e. The van der Waals surface area contributed by atoms with E-state index in [1.165, 1.54) is 0 Å². The van der Waals surface area contributed by atoms with E-state index in [0.717, 1.165) is 5.56 Å². The number of benzene rings is 1. The molecule has 1 aliphatic heterocycles. The van der Waals surface area contributed by atoms with Crippen molar-refractivity contribution in [3.05, 3.63) is 34.9 Å². The van der Waals surface area contributed by atoms with Gasteiger partial charge in [-0.1, -0.05) is 36.7 Å². The number of hydrogen-bond acceptors (Lipinski definition) is 3. The second-order valence-electron chi connectivity index (χ2n) is 5.09. The van der Waals surface area contributed by atoms with Gasteiger partial charge in [-0.2, -0.15) is 0 Å². The van der Waals surface area contributed by atoms with E-state index in [0.29, 0.717) is 31.2 Å². The molecule has 0 saturated carbocycles. The lowest BCUT2D eigenvalue weighted by atomic mass is 10.1. The van der Waals surface area contributed by atoms with E-state index in [-0.39, 0.29) is 12.3 Å². The predicted octanol–water partition coefficient (Wildman–Crippen LogP) is 1.85. The molecule has 1 atom stereocenters. The number of nitrogens with zero attached hydrogens (tertiary/aromatic N) is 2. The Morgan fingerprint density at radius 1 is 1.38 bits per heavy atom. The van der Waals surface area contributed by atoms with Crippen molar-refractivity contribution in [1.82, 2.24) is 9.80 Å². The fourth-order valence-corrected chi connectivity index (χ4v) is 2.83. The van der Waals surface area contributed by atoms with Crippen molar-refractivity contribution in [2.45, 2.75) is 25.9 Å². The molecule has 6 heteroatoms. The molecule has 1 aliphatic rings. The average molecular weight is 311 g/mol. The van der Waals surface area contributed by atoms with Crippen molar-refractivity contribution in [3.8, 4) is 0 Å². The Balaban J connectivity index is 2.13. The number of piperazine rings is 1. The summed E-state index contributed by atoms with van der Waals surface area (Å²) in [7, 11) is 0. The third-order valence-electron chi connectivity index (χ3n) is 3.79. The molecule has 5 nitrogen and oxygen atoms in total. The minimum atomic E-state index is -0.952. The van der Waals surface area contributed by atoms with E-state index in [1.807, 2.05) is 30.0 Å². The van der Waals surface area contributed by atoms with Crippen LogP contribution in [0, 0.1) is 0 Å². The van der Waals surface area contributed by atoms with Gasteiger partial charge in [0.15, 0.2) is 0 Å². The van der Waals surface area contributed by atoms with Crippen molar-refractivity contribution in [2.75, 3.05) is 19.6 Å². The van der Waals surface area contributed by atoms with Gasteiger partial charge in [0.05, 0.1) is 12.5 Å². The van der Waals surface area contributed by atoms with Crippen LogP contribution in [0.3, 0.4) is 0 Å². The monoisotopic (exact) mass is 310 g/mol. The summed E-state index contributed by atoms with van der Waals surface area (Å²) < 4.78 is 0. The molecule has 0 aliphatic carbocycles. The molecule has 114 valence electrons. The van der Waals surface area contributed by atoms with Crippen LogP contribution < -0.4 is 0 Å². The van der Waals surface area contributed by atoms with Crippen LogP contribution in [0.4, 0.5) is 0 Å². The molecule has 1 aromatic rings. The Labute approximate surface area is 129 Å². The molecule has 1 aromatic carbocycles. The van der Waals surface area contributed by atoms with Crippen molar-refractivity contribution in [2.24, 2.45) is 0 Å². The largest absolute Gasteiger partial charge is 0.481 e. The van der Waals surface area contributed by atoms with Gasteiger partial charge in [0.1, 0.15) is 0 Å². The van der Waals surface area contributed by atoms with E-state index < -0.39 is 12.0 Å². The smallest absolute Gasteiger partial charge is 0.305 e. The Morgan fingerprint density at radius 2 is 2.10 bits per heavy atom. The molecule has 2 rings (SSSR count). The summed E-state index contributed by atoms with van der Waals surface area (Å²) in [6.07, 6.45) is -0.161. The first-order valence-corrected chi connectivity index (χ1v) is 7.38. The summed E-state index contributed by atoms with van der Waals surface area (Å²) in [4.78, 5) is 27.1. The van der Waals surface area contributed by atoms with Crippen LogP contribution in [-0.2, 0) is 16.1 Å². The minimum Gasteiger partial charge on any atom is -0.481 e. The second kappa shape index (κ2) is 6.91. The average Bonchev–Trinajstić information content (AvgIpc) is 2.45. The van der Waals surface area contributed by atoms with Crippen LogP contribution >= 0.6 is 11.6 Å². The lowest BCUT2D eigenvalue weighted by Gasteiger charge is -2.39. The van der Waals surface area contributed by atoms with E-state index in [2.05, 4.69) is 0 Å². The molecule has 1 fully saturated rings. The molecule has 0 radical (unpaired) electrons. The van der Waals surface area contributed by atoms with Crippen LogP contribution in [0.25, 0.3) is 0 Å². The fraction of sp³-hybridized carbons (Fsp3) is 0.467. The number of likely N-dealkylation sites (N-methyl/N-ethyl adjacent to an activating group) is 1. The highest BCUT2D eigenvalue weighted by Crippen LogP contribution is 2.21. The highest BCUT2D eigenvalue weighted by molar-refractivity contribution is 6.31. The molecule has 21 heavy (non-hydrogen) atoms. The zero-order chi connectivity index (χ0) is 15.4. The van der Waals surface area contributed by atoms with Gasteiger partial charge in [-0.25, -0.2) is 0 Å². The standard InChI is InChI=1S/C15H19ClN2O3/c1-2-17-7-8-18(15(21)13(17)9-14(19)20)10-11-5-3-4-6-12(11)16/h3-6,13H,2,7-10H2,1H3,(H,19,20). The van der Waals surface area contributed by atoms with Crippen LogP contribution in [-0.4, -0.2) is 52.5 Å². The zero-order valence-corrected chi connectivity index (χ0v) is 12.7. The lowest BCUT2D eigenvalue weighted by Crippen LogP contribution is -2.57. The highest BCUT2D eigenvalue weighted by Gasteiger charge is 2.35. The van der Waals surface area contributed by atoms with E-state index >= 15 is 0 Å². The molecular weight excluding hydrogens is 292 g/mol. The SMILES string of the molecule is CCN1CCN(Cc2ccccc2Cl)C(=O)C1CC(=O)O. The number of amides is 1. The van der Waals surface area contributed by atoms with Crippen molar-refractivity contribution >= 4 is 23.5 Å². The van der Waals surface area contributed by atoms with Crippen molar-refractivity contribution < 1.29 is 14.7 Å². The normalized spacial score (nSPS) is 19.8. The van der Waals surface area contributed by atoms with Crippen LogP contribution in [0.2, 0.25) is 5.02 Å². The number of aliphatic carboxylic acids is 1. The molecule has 1 N–H and O–H groups in total. The summed E-state index contributed by atoms with van der Waals surface area (Å²) in [6.45, 7) is 4.31. The molecule has 0 bridgehead atoms. The first-order chi connectivity index (χ1) is 10.0. The van der Waals surface area contributed by atoms with Gasteiger partial charge in [0.2, 0.25) is 5.91 Å². The van der Waals surface area contributed by atoms with Crippen molar-refractivity contribution in [1.29, 1.82) is 0 Å². The van der Waals surface area contributed by atoms with Gasteiger partial charge in [-0.3, -0.25) is 14.5 Å². The van der Waals surface area contributed by atoms with Gasteiger partial charge in [-0.15, -0.1) is 0 Å². The Morgan fingerprint density at radius 3 is 2.71 bits per heavy atom. The Bertz CT molecular complexity index is 535. The quantitative estimate of drug-likeness (QED) is 0.901. The summed E-state index contributed by atoms with van der Waals surface area (Å²) in [5, 5.41) is 9.62. The molecule has 1 saturated heterocycles. The second-order valence-corrected chi connectivity index (χ2v) is 5.50. The van der Waals surface area contributed by atoms with Gasteiger partial charge in [0.25, 0.3) is 0 Å². The maximum absolute atomic E-state index is 12.5. The van der Waals surface area contributed by atoms with E-state index in [4.69, 9.17) is 16.7 Å². The molecular formula is C15H19ClN2O3. The number of halogens is 1. The van der Waals surface area contributed by atoms with Crippen LogP contribution in [0.5, 0.6) is 0 Å². The first-order valence-electron chi connectivity index (χ1n) is 7.01. The molecule has 1 heterocycles. The zero-order valence-electron chi connectivity index (χ0n) is 12.0. The van der Waals surface area contributed by atoms with Crippen LogP contribution in [0.1, 0.15) is 18.9 Å². The third kappa shape index (κ3) is 3.74. The van der Waals surface area contributed by atoms with Crippen molar-refractivity contribution in [3.63, 3.8) is 0 Å². The molecule has 1 unspecified atom stereocenters. The Kier molecular flexibility index (Phi) is 5.20. The third-order valence-corrected chi connectivity index (χ3v) is 4.16. The summed E-state index contributed by atoms with van der Waals surface area (Å²) >= 11 is 6.13. The van der Waals surface area contributed by atoms with Gasteiger partial charge >= 0.3 is 5.97 Å². The Hall–Kier alpha value is -1.59. The number of carboxylic acids is 1. The number of carbonyl (C=O) groups is 2. The van der Waals surface area contributed by atoms with Gasteiger partial charge in [-0.05, 0) is 18.2 Å². The highest BCUT2D eigenvalue weighted by atomic mass is 35.5. The molecule has 1 amide bonds. The van der Waals surface area contributed by atoms with E-state index in [1.54, 1.807) is 11.0 Å². The predicted molar refractivity (Wildman–Crippen MR) is 80.2 cm³/mol. The van der Waals surface area contributed by atoms with Gasteiger partial charge in [0, 0.05) is 24.7 Å². The minimum absolute atomic E-state index is 0.134. The number of hydrogen-bond donors (Lipinski definition) is 1. The maximum atomic E-state index is 12.5. The molecule has 0 aromatic heterocycles. The lowest BCUT2D eigenvalue weighted by molar-refractivity contribution is -0.149. The summed E-state index contributed by atoms with van der Waals surface area (Å²) in [5.41, 5.74) is 0.881. The number of rotatable bonds is 5. The first kappa shape index (κ1) is 15.8. The fourth-order valence-electron chi connectivity index (χ4n) is 2.63. The van der Waals surface area contributed by atoms with Crippen LogP contribution in [0.15, 0.2) is 24.3 Å². The number of carboxylic acid groups (broad SMARTS) is 1. The molecule has 0 spiro atoms. The van der Waals surface area contributed by atoms with Gasteiger partial charge < -0.3 is 10.0 Å². The topological polar surface area (TPSA) is 60.9 Å².